The molecule has 0 aromatic rings. The van der Waals surface area contributed by atoms with E-state index in [9.17, 15) is 24.6 Å². The number of quaternary nitrogens is 1. The van der Waals surface area contributed by atoms with Crippen LogP contribution >= 0.6 is 11.8 Å². The van der Waals surface area contributed by atoms with E-state index in [1.165, 1.54) is 16.7 Å². The summed E-state index contributed by atoms with van der Waals surface area (Å²) in [5, 5.41) is 23.1. The number of fused-ring (bicyclic) bond motifs is 1. The van der Waals surface area contributed by atoms with E-state index in [2.05, 4.69) is 26.5 Å². The van der Waals surface area contributed by atoms with E-state index in [1.54, 1.807) is 6.92 Å². The monoisotopic (exact) mass is 453 g/mol. The highest BCUT2D eigenvalue weighted by Gasteiger charge is 2.60. The summed E-state index contributed by atoms with van der Waals surface area (Å²) in [4.78, 5) is 41.2. The van der Waals surface area contributed by atoms with Crippen molar-refractivity contribution in [3.63, 3.8) is 0 Å². The number of hydrogen-bond acceptors (Lipinski definition) is 6. The Labute approximate surface area is 187 Å². The first-order valence-corrected chi connectivity index (χ1v) is 11.8. The maximum absolute atomic E-state index is 12.9. The Morgan fingerprint density at radius 2 is 1.90 bits per heavy atom. The lowest BCUT2D eigenvalue weighted by Gasteiger charge is -2.47. The summed E-state index contributed by atoms with van der Waals surface area (Å²) in [5.74, 6) is -2.02. The summed E-state index contributed by atoms with van der Waals surface area (Å²) < 4.78 is 0.841. The second-order valence-corrected chi connectivity index (χ2v) is 11.6. The molecule has 4 aliphatic rings. The minimum absolute atomic E-state index is 0.0488. The number of aliphatic hydroxyl groups is 1. The average Bonchev–Trinajstić information content (AvgIpc) is 3.15. The summed E-state index contributed by atoms with van der Waals surface area (Å²) in [6.07, 6.45) is -0.172. The molecule has 3 fully saturated rings. The molecule has 0 spiro atoms. The number of carboxylic acid groups (broad SMARTS) is 1. The Morgan fingerprint density at radius 1 is 1.26 bits per heavy atom. The minimum atomic E-state index is -1.11. The van der Waals surface area contributed by atoms with Gasteiger partial charge in [0.05, 0.1) is 58.3 Å². The third kappa shape index (κ3) is 3.67. The number of carbonyl (C=O) groups is 3. The number of nitrogens with one attached hydrogen (secondary N) is 1. The average molecular weight is 454 g/mol. The Hall–Kier alpha value is -1.62. The standard InChI is InChI=1S/C21H32N4O5S/c1-10-16-15(11(2)26)20(28)24(16)17(21(29)30)18(10)31-13-6-14(22-7-13)19(27)23-8-12(9-23)25(3,4)5/h10-16,22,26H,6-9H2,1-5H3/p+1/t10?,11?,13?,14?,15?,16-/m0/s1. The second kappa shape index (κ2) is 7.75. The molecule has 172 valence electrons. The van der Waals surface area contributed by atoms with Crippen molar-refractivity contribution >= 4 is 29.5 Å². The molecule has 9 nitrogen and oxygen atoms in total. The summed E-state index contributed by atoms with van der Waals surface area (Å²) in [7, 11) is 6.42. The molecule has 5 unspecified atom stereocenters. The predicted octanol–water partition coefficient (Wildman–Crippen LogP) is -0.479. The van der Waals surface area contributed by atoms with Crippen LogP contribution in [-0.4, -0.2) is 113 Å². The number of β-lactam (4-membered cyclic amide) rings is 1. The fraction of sp³-hybridized carbons (Fsp3) is 0.762. The highest BCUT2D eigenvalue weighted by Crippen LogP contribution is 2.51. The van der Waals surface area contributed by atoms with Crippen molar-refractivity contribution in [2.24, 2.45) is 11.8 Å². The second-order valence-electron chi connectivity index (χ2n) is 10.2. The third-order valence-electron chi connectivity index (χ3n) is 7.26. The molecule has 4 heterocycles. The Kier molecular flexibility index (Phi) is 5.65. The van der Waals surface area contributed by atoms with Gasteiger partial charge in [-0.1, -0.05) is 6.92 Å². The molecule has 3 saturated heterocycles. The highest BCUT2D eigenvalue weighted by molar-refractivity contribution is 8.03. The van der Waals surface area contributed by atoms with E-state index in [0.29, 0.717) is 23.9 Å². The molecule has 4 aliphatic heterocycles. The number of likely N-dealkylation sites (N-methyl/N-ethyl adjacent to an activating group) is 1. The van der Waals surface area contributed by atoms with Crippen molar-refractivity contribution in [2.75, 3.05) is 40.8 Å². The molecular weight excluding hydrogens is 420 g/mol. The summed E-state index contributed by atoms with van der Waals surface area (Å²) in [5.41, 5.74) is 0.0488. The Morgan fingerprint density at radius 3 is 2.45 bits per heavy atom. The topological polar surface area (TPSA) is 110 Å². The minimum Gasteiger partial charge on any atom is -0.477 e. The van der Waals surface area contributed by atoms with Crippen LogP contribution in [0.4, 0.5) is 0 Å². The number of carboxylic acids is 1. The molecule has 31 heavy (non-hydrogen) atoms. The lowest BCUT2D eigenvalue weighted by molar-refractivity contribution is -0.900. The van der Waals surface area contributed by atoms with Gasteiger partial charge in [0.2, 0.25) is 11.8 Å². The first-order valence-electron chi connectivity index (χ1n) is 10.9. The van der Waals surface area contributed by atoms with Gasteiger partial charge >= 0.3 is 5.97 Å². The maximum atomic E-state index is 12.9. The first kappa shape index (κ1) is 22.6. The smallest absolute Gasteiger partial charge is 0.353 e. The largest absolute Gasteiger partial charge is 0.477 e. The van der Waals surface area contributed by atoms with Crippen molar-refractivity contribution in [1.29, 1.82) is 0 Å². The van der Waals surface area contributed by atoms with Gasteiger partial charge < -0.3 is 29.8 Å². The number of thioether (sulfide) groups is 1. The number of rotatable bonds is 6. The SMILES string of the molecule is CC(O)C1C(=O)N2C(C(=O)O)=C(SC3CNC(C(=O)N4CC([N+](C)(C)C)C4)C3)C(C)[C@@H]12. The van der Waals surface area contributed by atoms with E-state index >= 15 is 0 Å². The zero-order chi connectivity index (χ0) is 22.8. The number of aliphatic hydroxyl groups excluding tert-OH is 1. The number of aliphatic carboxylic acids is 1. The van der Waals surface area contributed by atoms with Gasteiger partial charge in [-0.2, -0.15) is 0 Å². The van der Waals surface area contributed by atoms with Crippen molar-refractivity contribution in [3.05, 3.63) is 10.6 Å². The molecule has 6 atom stereocenters. The molecule has 3 N–H and O–H groups in total. The van der Waals surface area contributed by atoms with Crippen LogP contribution in [0.2, 0.25) is 0 Å². The first-order chi connectivity index (χ1) is 14.4. The molecule has 0 aromatic heterocycles. The molecule has 0 radical (unpaired) electrons. The molecular formula is C21H33N4O5S+. The van der Waals surface area contributed by atoms with E-state index in [-0.39, 0.29) is 40.8 Å². The van der Waals surface area contributed by atoms with Crippen LogP contribution in [0.25, 0.3) is 0 Å². The summed E-state index contributed by atoms with van der Waals surface area (Å²) >= 11 is 1.47. The zero-order valence-corrected chi connectivity index (χ0v) is 19.6. The number of hydrogen-bond donors (Lipinski definition) is 3. The van der Waals surface area contributed by atoms with Gasteiger partial charge in [0.15, 0.2) is 0 Å². The van der Waals surface area contributed by atoms with Crippen LogP contribution in [0.15, 0.2) is 10.6 Å². The van der Waals surface area contributed by atoms with Crippen molar-refractivity contribution < 1.29 is 29.1 Å². The van der Waals surface area contributed by atoms with Gasteiger partial charge in [-0.25, -0.2) is 4.79 Å². The lowest BCUT2D eigenvalue weighted by atomic mass is 9.79. The van der Waals surface area contributed by atoms with Crippen LogP contribution in [0.3, 0.4) is 0 Å². The molecule has 0 aromatic carbocycles. The molecule has 0 bridgehead atoms. The van der Waals surface area contributed by atoms with E-state index in [4.69, 9.17) is 0 Å². The molecule has 10 heteroatoms. The van der Waals surface area contributed by atoms with Gasteiger partial charge in [-0.3, -0.25) is 9.59 Å². The van der Waals surface area contributed by atoms with Gasteiger partial charge in [0.1, 0.15) is 11.7 Å². The number of amides is 2. The van der Waals surface area contributed by atoms with Crippen LogP contribution in [-0.2, 0) is 14.4 Å². The van der Waals surface area contributed by atoms with Gasteiger partial charge in [0, 0.05) is 22.6 Å². The zero-order valence-electron chi connectivity index (χ0n) is 18.7. The molecule has 4 rings (SSSR count). The fourth-order valence-electron chi connectivity index (χ4n) is 5.18. The van der Waals surface area contributed by atoms with Crippen LogP contribution in [0.1, 0.15) is 20.3 Å². The maximum Gasteiger partial charge on any atom is 0.353 e. The summed E-state index contributed by atoms with van der Waals surface area (Å²) in [6, 6.07) is -0.0936. The van der Waals surface area contributed by atoms with Crippen LogP contribution in [0.5, 0.6) is 0 Å². The van der Waals surface area contributed by atoms with Crippen molar-refractivity contribution in [1.82, 2.24) is 15.1 Å². The quantitative estimate of drug-likeness (QED) is 0.368. The van der Waals surface area contributed by atoms with Gasteiger partial charge in [-0.05, 0) is 13.3 Å². The normalized spacial score (nSPS) is 34.5. The van der Waals surface area contributed by atoms with E-state index < -0.39 is 18.0 Å². The highest BCUT2D eigenvalue weighted by atomic mass is 32.2. The predicted molar refractivity (Wildman–Crippen MR) is 116 cm³/mol. The number of carbonyl (C=O) groups excluding carboxylic acids is 2. The molecule has 0 aliphatic carbocycles. The lowest BCUT2D eigenvalue weighted by Crippen LogP contribution is -2.67. The fourth-order valence-corrected chi connectivity index (χ4v) is 6.66. The number of nitrogens with zero attached hydrogens (tertiary/aromatic N) is 3. The van der Waals surface area contributed by atoms with Crippen LogP contribution < -0.4 is 5.32 Å². The molecule has 2 amide bonds. The van der Waals surface area contributed by atoms with E-state index in [1.807, 2.05) is 11.8 Å². The number of likely N-dealkylation sites (tertiary alicyclic amines) is 1. The van der Waals surface area contributed by atoms with Gasteiger partial charge in [-0.15, -0.1) is 11.8 Å². The molecule has 0 saturated carbocycles. The van der Waals surface area contributed by atoms with Crippen molar-refractivity contribution in [2.45, 2.75) is 49.7 Å². The van der Waals surface area contributed by atoms with Crippen molar-refractivity contribution in [3.8, 4) is 0 Å². The van der Waals surface area contributed by atoms with Crippen LogP contribution in [0, 0.1) is 11.8 Å². The Balaban J connectivity index is 1.40. The Bertz CT molecular complexity index is 832. The van der Waals surface area contributed by atoms with Gasteiger partial charge in [0.25, 0.3) is 0 Å². The van der Waals surface area contributed by atoms with E-state index in [0.717, 1.165) is 17.6 Å². The third-order valence-corrected chi connectivity index (χ3v) is 8.77. The summed E-state index contributed by atoms with van der Waals surface area (Å²) in [6.45, 7) is 5.66.